The van der Waals surface area contributed by atoms with E-state index in [1.807, 2.05) is 0 Å². The molecular weight excluding hydrogens is 355 g/mol. The van der Waals surface area contributed by atoms with E-state index in [-0.39, 0.29) is 23.1 Å². The molecule has 0 atom stereocenters. The van der Waals surface area contributed by atoms with E-state index in [0.29, 0.717) is 4.88 Å². The topological polar surface area (TPSA) is 75.7 Å². The number of ether oxygens (including phenoxy) is 1. The molecule has 0 aliphatic rings. The summed E-state index contributed by atoms with van der Waals surface area (Å²) in [6.07, 6.45) is 0. The van der Waals surface area contributed by atoms with Crippen LogP contribution in [0.25, 0.3) is 0 Å². The molecule has 1 aromatic heterocycles. The van der Waals surface area contributed by atoms with Gasteiger partial charge in [-0.3, -0.25) is 4.79 Å². The van der Waals surface area contributed by atoms with Crippen LogP contribution in [0, 0.1) is 5.82 Å². The van der Waals surface area contributed by atoms with Crippen LogP contribution in [0.4, 0.5) is 4.39 Å². The van der Waals surface area contributed by atoms with E-state index >= 15 is 0 Å². The second kappa shape index (κ2) is 7.73. The molecule has 0 fully saturated rings. The fourth-order valence-corrected chi connectivity index (χ4v) is 4.18. The second-order valence-electron chi connectivity index (χ2n) is 5.00. The molecule has 0 spiro atoms. The standard InChI is InChI=1S/C15H17FN2O4S2/c1-18(2)24(20,21)15-8-7-11(23-15)9-17-14(19)10-22-13-6-4-3-5-12(13)16/h3-8H,9-10H2,1-2H3,(H,17,19). The molecule has 2 aromatic rings. The van der Waals surface area contributed by atoms with E-state index in [9.17, 15) is 17.6 Å². The van der Waals surface area contributed by atoms with E-state index in [4.69, 9.17) is 4.74 Å². The SMILES string of the molecule is CN(C)S(=O)(=O)c1ccc(CNC(=O)COc2ccccc2F)s1. The van der Waals surface area contributed by atoms with Gasteiger partial charge in [0.1, 0.15) is 4.21 Å². The Morgan fingerprint density at radius 2 is 1.96 bits per heavy atom. The summed E-state index contributed by atoms with van der Waals surface area (Å²) in [5.74, 6) is -0.964. The highest BCUT2D eigenvalue weighted by molar-refractivity contribution is 7.91. The molecule has 1 amide bonds. The Morgan fingerprint density at radius 3 is 2.62 bits per heavy atom. The van der Waals surface area contributed by atoms with Gasteiger partial charge in [0, 0.05) is 19.0 Å². The molecule has 9 heteroatoms. The van der Waals surface area contributed by atoms with Gasteiger partial charge < -0.3 is 10.1 Å². The highest BCUT2D eigenvalue weighted by atomic mass is 32.2. The lowest BCUT2D eigenvalue weighted by Crippen LogP contribution is -2.28. The molecular formula is C15H17FN2O4S2. The number of thiophene rings is 1. The zero-order chi connectivity index (χ0) is 17.7. The van der Waals surface area contributed by atoms with Crippen molar-refractivity contribution < 1.29 is 22.3 Å². The van der Waals surface area contributed by atoms with Gasteiger partial charge in [0.2, 0.25) is 0 Å². The fourth-order valence-electron chi connectivity index (χ4n) is 1.71. The molecule has 1 N–H and O–H groups in total. The first-order valence-corrected chi connectivity index (χ1v) is 9.21. The summed E-state index contributed by atoms with van der Waals surface area (Å²) in [5, 5.41) is 2.60. The maximum atomic E-state index is 13.4. The van der Waals surface area contributed by atoms with Crippen LogP contribution in [0.3, 0.4) is 0 Å². The average molecular weight is 372 g/mol. The summed E-state index contributed by atoms with van der Waals surface area (Å²) in [7, 11) is -0.563. The summed E-state index contributed by atoms with van der Waals surface area (Å²) in [4.78, 5) is 12.4. The summed E-state index contributed by atoms with van der Waals surface area (Å²) >= 11 is 1.08. The van der Waals surface area contributed by atoms with Crippen molar-refractivity contribution in [2.24, 2.45) is 0 Å². The first kappa shape index (κ1) is 18.4. The average Bonchev–Trinajstić information content (AvgIpc) is 3.01. The van der Waals surface area contributed by atoms with Gasteiger partial charge in [-0.05, 0) is 24.3 Å². The number of carbonyl (C=O) groups is 1. The fraction of sp³-hybridized carbons (Fsp3) is 0.267. The van der Waals surface area contributed by atoms with Crippen LogP contribution in [0.15, 0.2) is 40.6 Å². The Hall–Kier alpha value is -1.97. The second-order valence-corrected chi connectivity index (χ2v) is 8.55. The molecule has 0 saturated heterocycles. The van der Waals surface area contributed by atoms with Crippen molar-refractivity contribution >= 4 is 27.3 Å². The van der Waals surface area contributed by atoms with Crippen LogP contribution in [-0.4, -0.2) is 39.3 Å². The van der Waals surface area contributed by atoms with Gasteiger partial charge in [0.15, 0.2) is 18.2 Å². The van der Waals surface area contributed by atoms with E-state index in [1.54, 1.807) is 12.1 Å². The number of carbonyl (C=O) groups excluding carboxylic acids is 1. The zero-order valence-electron chi connectivity index (χ0n) is 13.2. The maximum absolute atomic E-state index is 13.4. The van der Waals surface area contributed by atoms with Crippen molar-refractivity contribution in [3.63, 3.8) is 0 Å². The minimum Gasteiger partial charge on any atom is -0.481 e. The molecule has 6 nitrogen and oxygen atoms in total. The largest absolute Gasteiger partial charge is 0.481 e. The van der Waals surface area contributed by atoms with Crippen molar-refractivity contribution in [1.82, 2.24) is 9.62 Å². The number of nitrogens with one attached hydrogen (secondary N) is 1. The van der Waals surface area contributed by atoms with Crippen molar-refractivity contribution in [3.05, 3.63) is 47.1 Å². The number of nitrogens with zero attached hydrogens (tertiary/aromatic N) is 1. The van der Waals surface area contributed by atoms with Crippen molar-refractivity contribution in [2.45, 2.75) is 10.8 Å². The molecule has 1 aromatic carbocycles. The number of amides is 1. The van der Waals surface area contributed by atoms with Crippen LogP contribution in [0.5, 0.6) is 5.75 Å². The van der Waals surface area contributed by atoms with Crippen LogP contribution in [0.2, 0.25) is 0 Å². The van der Waals surface area contributed by atoms with Gasteiger partial charge in [-0.15, -0.1) is 11.3 Å². The minimum absolute atomic E-state index is 0.00290. The molecule has 0 unspecified atom stereocenters. The Bertz CT molecular complexity index is 818. The first-order valence-electron chi connectivity index (χ1n) is 6.96. The predicted octanol–water partition coefficient (Wildman–Crippen LogP) is 1.83. The van der Waals surface area contributed by atoms with Crippen LogP contribution in [0.1, 0.15) is 4.88 Å². The molecule has 0 saturated carbocycles. The number of benzene rings is 1. The monoisotopic (exact) mass is 372 g/mol. The van der Waals surface area contributed by atoms with Gasteiger partial charge in [-0.1, -0.05) is 12.1 Å². The third-order valence-electron chi connectivity index (χ3n) is 3.03. The van der Waals surface area contributed by atoms with Gasteiger partial charge in [-0.25, -0.2) is 17.1 Å². The normalized spacial score (nSPS) is 11.5. The molecule has 0 bridgehead atoms. The van der Waals surface area contributed by atoms with Crippen LogP contribution >= 0.6 is 11.3 Å². The third-order valence-corrected chi connectivity index (χ3v) is 6.39. The Kier molecular flexibility index (Phi) is 5.92. The quantitative estimate of drug-likeness (QED) is 0.805. The van der Waals surface area contributed by atoms with Gasteiger partial charge in [0.25, 0.3) is 15.9 Å². The number of halogens is 1. The molecule has 0 radical (unpaired) electrons. The van der Waals surface area contributed by atoms with Crippen molar-refractivity contribution in [1.29, 1.82) is 0 Å². The van der Waals surface area contributed by atoms with E-state index in [0.717, 1.165) is 15.6 Å². The van der Waals surface area contributed by atoms with E-state index < -0.39 is 21.7 Å². The summed E-state index contributed by atoms with van der Waals surface area (Å²) in [6.45, 7) is -0.151. The minimum atomic E-state index is -3.47. The Morgan fingerprint density at radius 1 is 1.25 bits per heavy atom. The van der Waals surface area contributed by atoms with Crippen molar-refractivity contribution in [3.8, 4) is 5.75 Å². The third kappa shape index (κ3) is 4.53. The molecule has 0 aliphatic carbocycles. The molecule has 130 valence electrons. The van der Waals surface area contributed by atoms with Gasteiger partial charge in [-0.2, -0.15) is 0 Å². The summed E-state index contributed by atoms with van der Waals surface area (Å²) in [6, 6.07) is 8.94. The summed E-state index contributed by atoms with van der Waals surface area (Å²) in [5.41, 5.74) is 0. The highest BCUT2D eigenvalue weighted by Gasteiger charge is 2.19. The smallest absolute Gasteiger partial charge is 0.258 e. The molecule has 0 aliphatic heterocycles. The van der Waals surface area contributed by atoms with Crippen LogP contribution < -0.4 is 10.1 Å². The van der Waals surface area contributed by atoms with Crippen LogP contribution in [-0.2, 0) is 21.4 Å². The van der Waals surface area contributed by atoms with Gasteiger partial charge in [0.05, 0.1) is 6.54 Å². The summed E-state index contributed by atoms with van der Waals surface area (Å²) < 4.78 is 43.7. The molecule has 1 heterocycles. The van der Waals surface area contributed by atoms with E-state index in [2.05, 4.69) is 5.32 Å². The number of rotatable bonds is 7. The number of sulfonamides is 1. The molecule has 2 rings (SSSR count). The molecule has 24 heavy (non-hydrogen) atoms. The number of hydrogen-bond donors (Lipinski definition) is 1. The Labute approximate surface area is 143 Å². The lowest BCUT2D eigenvalue weighted by atomic mass is 10.3. The maximum Gasteiger partial charge on any atom is 0.258 e. The number of para-hydroxylation sites is 1. The lowest BCUT2D eigenvalue weighted by molar-refractivity contribution is -0.123. The predicted molar refractivity (Wildman–Crippen MR) is 88.9 cm³/mol. The highest BCUT2D eigenvalue weighted by Crippen LogP contribution is 2.23. The first-order chi connectivity index (χ1) is 11.3. The van der Waals surface area contributed by atoms with E-state index in [1.165, 1.54) is 38.4 Å². The lowest BCUT2D eigenvalue weighted by Gasteiger charge is -2.08. The van der Waals surface area contributed by atoms with Gasteiger partial charge >= 0.3 is 0 Å². The number of hydrogen-bond acceptors (Lipinski definition) is 5. The van der Waals surface area contributed by atoms with Crippen molar-refractivity contribution in [2.75, 3.05) is 20.7 Å². The Balaban J connectivity index is 1.87. The zero-order valence-corrected chi connectivity index (χ0v) is 14.8.